The van der Waals surface area contributed by atoms with Gasteiger partial charge in [0, 0.05) is 13.1 Å². The first-order chi connectivity index (χ1) is 7.29. The van der Waals surface area contributed by atoms with Gasteiger partial charge in [0.2, 0.25) is 0 Å². The van der Waals surface area contributed by atoms with Crippen LogP contribution in [0.3, 0.4) is 0 Å². The predicted molar refractivity (Wildman–Crippen MR) is 71.2 cm³/mol. The second kappa shape index (κ2) is 4.98. The zero-order valence-corrected chi connectivity index (χ0v) is 11.1. The van der Waals surface area contributed by atoms with Gasteiger partial charge in [-0.05, 0) is 33.6 Å². The lowest BCUT2D eigenvalue weighted by molar-refractivity contribution is 0.0236. The summed E-state index contributed by atoms with van der Waals surface area (Å²) in [6.45, 7) is 7.27. The number of piperidine rings is 1. The first-order valence-electron chi connectivity index (χ1n) is 5.93. The van der Waals surface area contributed by atoms with Gasteiger partial charge in [0.05, 0.1) is 0 Å². The number of amides is 1. The van der Waals surface area contributed by atoms with Gasteiger partial charge in [-0.3, -0.25) is 0 Å². The summed E-state index contributed by atoms with van der Waals surface area (Å²) >= 11 is 0. The Balaban J connectivity index is 2.49. The van der Waals surface area contributed by atoms with Crippen molar-refractivity contribution in [2.45, 2.75) is 39.2 Å². The maximum absolute atomic E-state index is 11.8. The molecule has 1 rings (SSSR count). The van der Waals surface area contributed by atoms with Crippen LogP contribution < -0.4 is 0 Å². The third-order valence-corrected chi connectivity index (χ3v) is 2.73. The Kier molecular flexibility index (Phi) is 4.11. The van der Waals surface area contributed by atoms with E-state index in [-0.39, 0.29) is 6.09 Å². The molecule has 1 saturated heterocycles. The second-order valence-corrected chi connectivity index (χ2v) is 5.57. The number of likely N-dealkylation sites (tertiary alicyclic amines) is 1. The molecule has 0 bridgehead atoms. The average molecular weight is 221 g/mol. The molecule has 0 saturated carbocycles. The van der Waals surface area contributed by atoms with E-state index in [4.69, 9.17) is 4.74 Å². The van der Waals surface area contributed by atoms with E-state index < -0.39 is 5.60 Å². The van der Waals surface area contributed by atoms with Crippen LogP contribution in [0, 0.1) is 0 Å². The monoisotopic (exact) mass is 221 g/mol. The number of nitrogens with zero attached hydrogens (tertiary/aromatic N) is 1. The molecule has 1 amide bonds. The van der Waals surface area contributed by atoms with Crippen molar-refractivity contribution in [3.8, 4) is 0 Å². The average Bonchev–Trinajstić information content (AvgIpc) is 2.15. The highest BCUT2D eigenvalue weighted by Gasteiger charge is 2.24. The topological polar surface area (TPSA) is 29.5 Å². The summed E-state index contributed by atoms with van der Waals surface area (Å²) in [6.07, 6.45) is 1.80. The molecule has 1 aliphatic rings. The van der Waals surface area contributed by atoms with Gasteiger partial charge in [0.25, 0.3) is 0 Å². The van der Waals surface area contributed by atoms with E-state index in [9.17, 15) is 4.79 Å². The quantitative estimate of drug-likeness (QED) is 0.557. The Morgan fingerprint density at radius 1 is 1.25 bits per heavy atom. The molecule has 1 heterocycles. The molecule has 0 atom stereocenters. The van der Waals surface area contributed by atoms with Crippen molar-refractivity contribution >= 4 is 21.8 Å². The molecule has 0 aromatic carbocycles. The van der Waals surface area contributed by atoms with Crippen molar-refractivity contribution in [1.82, 2.24) is 4.90 Å². The number of hydrogen-bond acceptors (Lipinski definition) is 2. The van der Waals surface area contributed by atoms with Crippen LogP contribution in [0.15, 0.2) is 10.9 Å². The smallest absolute Gasteiger partial charge is 0.410 e. The highest BCUT2D eigenvalue weighted by atomic mass is 16.6. The van der Waals surface area contributed by atoms with Crippen molar-refractivity contribution in [2.24, 2.45) is 0 Å². The van der Waals surface area contributed by atoms with E-state index in [1.54, 1.807) is 4.90 Å². The Hall–Kier alpha value is -0.860. The maximum Gasteiger partial charge on any atom is 0.410 e. The standard InChI is InChI=1S/C11H21B2NO2/c1-11(2,3)16-10(15)14-6-4-8(5-7-14)9(12)13/h4-7,12-13H2,1-3H3. The molecule has 0 N–H and O–H groups in total. The number of carbonyl (C=O) groups is 1. The summed E-state index contributed by atoms with van der Waals surface area (Å²) in [5, 5.41) is 1.39. The van der Waals surface area contributed by atoms with Gasteiger partial charge < -0.3 is 9.64 Å². The Labute approximate surface area is 100 Å². The van der Waals surface area contributed by atoms with E-state index in [1.165, 1.54) is 10.9 Å². The summed E-state index contributed by atoms with van der Waals surface area (Å²) in [5.41, 5.74) is 1.09. The van der Waals surface area contributed by atoms with E-state index in [1.807, 2.05) is 20.8 Å². The van der Waals surface area contributed by atoms with E-state index in [2.05, 4.69) is 15.7 Å². The minimum absolute atomic E-state index is 0.180. The zero-order valence-electron chi connectivity index (χ0n) is 11.1. The third kappa shape index (κ3) is 3.95. The highest BCUT2D eigenvalue weighted by molar-refractivity contribution is 6.48. The summed E-state index contributed by atoms with van der Waals surface area (Å²) in [6, 6.07) is 0. The van der Waals surface area contributed by atoms with Gasteiger partial charge in [-0.25, -0.2) is 4.79 Å². The van der Waals surface area contributed by atoms with Crippen LogP contribution in [0.2, 0.25) is 0 Å². The number of carbonyl (C=O) groups excluding carboxylic acids is 1. The Morgan fingerprint density at radius 3 is 2.12 bits per heavy atom. The van der Waals surface area contributed by atoms with Crippen molar-refractivity contribution in [2.75, 3.05) is 13.1 Å². The third-order valence-electron chi connectivity index (χ3n) is 2.73. The maximum atomic E-state index is 11.8. The molecular weight excluding hydrogens is 200 g/mol. The van der Waals surface area contributed by atoms with Crippen molar-refractivity contribution < 1.29 is 9.53 Å². The molecule has 16 heavy (non-hydrogen) atoms. The van der Waals surface area contributed by atoms with Gasteiger partial charge >= 0.3 is 6.09 Å². The van der Waals surface area contributed by atoms with E-state index >= 15 is 0 Å². The second-order valence-electron chi connectivity index (χ2n) is 5.57. The van der Waals surface area contributed by atoms with Crippen molar-refractivity contribution in [1.29, 1.82) is 0 Å². The lowest BCUT2D eigenvalue weighted by Crippen LogP contribution is -2.40. The largest absolute Gasteiger partial charge is 0.444 e. The van der Waals surface area contributed by atoms with Gasteiger partial charge in [0.1, 0.15) is 21.3 Å². The Morgan fingerprint density at radius 2 is 1.75 bits per heavy atom. The van der Waals surface area contributed by atoms with Gasteiger partial charge in [0.15, 0.2) is 0 Å². The molecule has 0 spiro atoms. The lowest BCUT2D eigenvalue weighted by Gasteiger charge is -2.31. The van der Waals surface area contributed by atoms with Crippen LogP contribution in [0.1, 0.15) is 33.6 Å². The first-order valence-corrected chi connectivity index (χ1v) is 5.93. The number of rotatable bonds is 0. The van der Waals surface area contributed by atoms with Crippen LogP contribution in [0.25, 0.3) is 0 Å². The molecule has 1 aliphatic heterocycles. The fourth-order valence-electron chi connectivity index (χ4n) is 1.79. The SMILES string of the molecule is BC(B)=C1CCN(C(=O)OC(C)(C)C)CC1. The molecule has 0 aromatic rings. The molecule has 0 unspecified atom stereocenters. The highest BCUT2D eigenvalue weighted by Crippen LogP contribution is 2.19. The fraction of sp³-hybridized carbons (Fsp3) is 0.727. The fourth-order valence-corrected chi connectivity index (χ4v) is 1.79. The number of ether oxygens (including phenoxy) is 1. The van der Waals surface area contributed by atoms with Crippen LogP contribution >= 0.6 is 0 Å². The molecule has 0 radical (unpaired) electrons. The van der Waals surface area contributed by atoms with Gasteiger partial charge in [-0.15, -0.1) is 5.37 Å². The summed E-state index contributed by atoms with van der Waals surface area (Å²) in [4.78, 5) is 13.6. The molecule has 88 valence electrons. The molecular formula is C11H21B2NO2. The van der Waals surface area contributed by atoms with E-state index in [0.29, 0.717) is 0 Å². The van der Waals surface area contributed by atoms with Gasteiger partial charge in [-0.1, -0.05) is 5.57 Å². The van der Waals surface area contributed by atoms with Gasteiger partial charge in [-0.2, -0.15) is 0 Å². The first kappa shape index (κ1) is 13.2. The normalized spacial score (nSPS) is 17.2. The van der Waals surface area contributed by atoms with E-state index in [0.717, 1.165) is 25.9 Å². The summed E-state index contributed by atoms with van der Waals surface area (Å²) in [7, 11) is 4.27. The molecule has 0 aromatic heterocycles. The van der Waals surface area contributed by atoms with Crippen molar-refractivity contribution in [3.63, 3.8) is 0 Å². The summed E-state index contributed by atoms with van der Waals surface area (Å²) < 4.78 is 5.34. The summed E-state index contributed by atoms with van der Waals surface area (Å²) in [5.74, 6) is 0. The molecule has 5 heteroatoms. The minimum Gasteiger partial charge on any atom is -0.444 e. The minimum atomic E-state index is -0.395. The molecule has 3 nitrogen and oxygen atoms in total. The molecule has 1 fully saturated rings. The number of hydrogen-bond donors (Lipinski definition) is 0. The van der Waals surface area contributed by atoms with Crippen LogP contribution in [-0.2, 0) is 4.74 Å². The predicted octanol–water partition coefficient (Wildman–Crippen LogP) is 0.495. The Bertz CT molecular complexity index is 294. The molecule has 0 aliphatic carbocycles. The van der Waals surface area contributed by atoms with Crippen LogP contribution in [0.4, 0.5) is 4.79 Å². The van der Waals surface area contributed by atoms with Crippen molar-refractivity contribution in [3.05, 3.63) is 10.9 Å². The van der Waals surface area contributed by atoms with Crippen LogP contribution in [0.5, 0.6) is 0 Å². The van der Waals surface area contributed by atoms with Crippen LogP contribution in [-0.4, -0.2) is 45.4 Å². The lowest BCUT2D eigenvalue weighted by atomic mass is 9.73. The zero-order chi connectivity index (χ0) is 12.3.